The monoisotopic (exact) mass is 217 g/mol. The number of nitrogens with one attached hydrogen (secondary N) is 1. The second-order valence-corrected chi connectivity index (χ2v) is 5.10. The van der Waals surface area contributed by atoms with Crippen LogP contribution in [0.2, 0.25) is 0 Å². The molecule has 0 aromatic carbocycles. The number of hydrogen-bond donors (Lipinski definition) is 1. The van der Waals surface area contributed by atoms with Gasteiger partial charge >= 0.3 is 0 Å². The molecule has 1 fully saturated rings. The van der Waals surface area contributed by atoms with E-state index in [9.17, 15) is 0 Å². The lowest BCUT2D eigenvalue weighted by molar-refractivity contribution is 0.262. The molecule has 1 aromatic rings. The Kier molecular flexibility index (Phi) is 2.27. The van der Waals surface area contributed by atoms with Crippen LogP contribution in [0.25, 0.3) is 0 Å². The molecule has 16 heavy (non-hydrogen) atoms. The van der Waals surface area contributed by atoms with Crippen molar-refractivity contribution in [2.24, 2.45) is 0 Å². The number of rotatable bonds is 2. The van der Waals surface area contributed by atoms with Crippen molar-refractivity contribution in [3.05, 3.63) is 29.7 Å². The molecule has 1 aliphatic heterocycles. The molecule has 1 aromatic heterocycles. The van der Waals surface area contributed by atoms with E-state index in [0.29, 0.717) is 6.04 Å². The maximum absolute atomic E-state index is 4.54. The van der Waals surface area contributed by atoms with Gasteiger partial charge in [0.2, 0.25) is 0 Å². The third-order valence-corrected chi connectivity index (χ3v) is 4.12. The van der Waals surface area contributed by atoms with Gasteiger partial charge in [-0.05, 0) is 26.0 Å². The van der Waals surface area contributed by atoms with Crippen LogP contribution in [0, 0.1) is 0 Å². The summed E-state index contributed by atoms with van der Waals surface area (Å²) in [5.74, 6) is 0.722. The Bertz CT molecular complexity index is 403. The normalized spacial score (nSPS) is 25.1. The van der Waals surface area contributed by atoms with Gasteiger partial charge in [-0.25, -0.2) is 0 Å². The second-order valence-electron chi connectivity index (χ2n) is 5.10. The van der Waals surface area contributed by atoms with Crippen molar-refractivity contribution < 1.29 is 0 Å². The first-order valence-corrected chi connectivity index (χ1v) is 6.24. The SMILES string of the molecule is C=CN1Cc2c(C3CCC3)n[nH]c2CC1C. The molecule has 2 aliphatic rings. The third-order valence-electron chi connectivity index (χ3n) is 4.12. The van der Waals surface area contributed by atoms with Crippen LogP contribution < -0.4 is 0 Å². The Balaban J connectivity index is 1.92. The van der Waals surface area contributed by atoms with Crippen molar-refractivity contribution in [3.63, 3.8) is 0 Å². The van der Waals surface area contributed by atoms with Gasteiger partial charge in [-0.1, -0.05) is 13.0 Å². The van der Waals surface area contributed by atoms with Gasteiger partial charge in [-0.3, -0.25) is 5.10 Å². The molecule has 3 heteroatoms. The Hall–Kier alpha value is -1.25. The fourth-order valence-electron chi connectivity index (χ4n) is 2.78. The van der Waals surface area contributed by atoms with Crippen LogP contribution in [-0.2, 0) is 13.0 Å². The van der Waals surface area contributed by atoms with Crippen LogP contribution in [0.1, 0.15) is 49.1 Å². The van der Waals surface area contributed by atoms with E-state index in [2.05, 4.69) is 28.6 Å². The van der Waals surface area contributed by atoms with Crippen molar-refractivity contribution in [1.29, 1.82) is 0 Å². The minimum Gasteiger partial charge on any atom is -0.370 e. The van der Waals surface area contributed by atoms with Gasteiger partial charge < -0.3 is 4.90 Å². The average molecular weight is 217 g/mol. The van der Waals surface area contributed by atoms with Crippen LogP contribution in [-0.4, -0.2) is 21.1 Å². The van der Waals surface area contributed by atoms with E-state index in [-0.39, 0.29) is 0 Å². The zero-order valence-electron chi connectivity index (χ0n) is 9.87. The number of aromatic nitrogens is 2. The van der Waals surface area contributed by atoms with Crippen LogP contribution >= 0.6 is 0 Å². The summed E-state index contributed by atoms with van der Waals surface area (Å²) in [5, 5.41) is 7.78. The number of nitrogens with zero attached hydrogens (tertiary/aromatic N) is 2. The Labute approximate surface area is 96.5 Å². The fourth-order valence-corrected chi connectivity index (χ4v) is 2.78. The van der Waals surface area contributed by atoms with E-state index in [1.807, 2.05) is 6.20 Å². The van der Waals surface area contributed by atoms with E-state index in [4.69, 9.17) is 0 Å². The Morgan fingerprint density at radius 3 is 2.94 bits per heavy atom. The van der Waals surface area contributed by atoms with Gasteiger partial charge in [0.25, 0.3) is 0 Å². The summed E-state index contributed by atoms with van der Waals surface area (Å²) < 4.78 is 0. The molecule has 0 radical (unpaired) electrons. The summed E-state index contributed by atoms with van der Waals surface area (Å²) in [5.41, 5.74) is 4.13. The first kappa shape index (κ1) is 9.94. The van der Waals surface area contributed by atoms with Crippen molar-refractivity contribution in [2.75, 3.05) is 0 Å². The molecule has 0 bridgehead atoms. The van der Waals surface area contributed by atoms with Crippen LogP contribution in [0.15, 0.2) is 12.8 Å². The number of H-pyrrole nitrogens is 1. The van der Waals surface area contributed by atoms with E-state index >= 15 is 0 Å². The van der Waals surface area contributed by atoms with Crippen LogP contribution in [0.3, 0.4) is 0 Å². The summed E-state index contributed by atoms with van der Waals surface area (Å²) >= 11 is 0. The van der Waals surface area contributed by atoms with Gasteiger partial charge in [-0.2, -0.15) is 5.10 Å². The van der Waals surface area contributed by atoms with Crippen LogP contribution in [0.4, 0.5) is 0 Å². The van der Waals surface area contributed by atoms with Gasteiger partial charge in [0, 0.05) is 36.2 Å². The maximum Gasteiger partial charge on any atom is 0.0705 e. The maximum atomic E-state index is 4.54. The molecule has 86 valence electrons. The van der Waals surface area contributed by atoms with Gasteiger partial charge in [-0.15, -0.1) is 0 Å². The molecular formula is C13H19N3. The first-order chi connectivity index (χ1) is 7.79. The largest absolute Gasteiger partial charge is 0.370 e. The summed E-state index contributed by atoms with van der Waals surface area (Å²) in [6.07, 6.45) is 7.04. The molecular weight excluding hydrogens is 198 g/mol. The lowest BCUT2D eigenvalue weighted by Crippen LogP contribution is -2.34. The van der Waals surface area contributed by atoms with E-state index in [1.165, 1.54) is 36.2 Å². The molecule has 1 atom stereocenters. The Morgan fingerprint density at radius 2 is 2.31 bits per heavy atom. The molecule has 0 amide bonds. The topological polar surface area (TPSA) is 31.9 Å². The molecule has 1 unspecified atom stereocenters. The summed E-state index contributed by atoms with van der Waals surface area (Å²) in [7, 11) is 0. The lowest BCUT2D eigenvalue weighted by Gasteiger charge is -2.33. The van der Waals surface area contributed by atoms with Gasteiger partial charge in [0.15, 0.2) is 0 Å². The fraction of sp³-hybridized carbons (Fsp3) is 0.615. The second kappa shape index (κ2) is 3.65. The minimum atomic E-state index is 0.541. The van der Waals surface area contributed by atoms with Crippen molar-refractivity contribution >= 4 is 0 Å². The molecule has 0 spiro atoms. The zero-order valence-corrected chi connectivity index (χ0v) is 9.87. The summed E-state index contributed by atoms with van der Waals surface area (Å²) in [6, 6.07) is 0.541. The third kappa shape index (κ3) is 1.38. The number of aromatic amines is 1. The van der Waals surface area contributed by atoms with Crippen LogP contribution in [0.5, 0.6) is 0 Å². The van der Waals surface area contributed by atoms with E-state index < -0.39 is 0 Å². The molecule has 3 nitrogen and oxygen atoms in total. The van der Waals surface area contributed by atoms with Crippen molar-refractivity contribution in [3.8, 4) is 0 Å². The number of fused-ring (bicyclic) bond motifs is 1. The quantitative estimate of drug-likeness (QED) is 0.825. The molecule has 0 saturated heterocycles. The molecule has 1 saturated carbocycles. The Morgan fingerprint density at radius 1 is 1.50 bits per heavy atom. The highest BCUT2D eigenvalue weighted by Gasteiger charge is 2.30. The predicted molar refractivity (Wildman–Crippen MR) is 64.1 cm³/mol. The highest BCUT2D eigenvalue weighted by Crippen LogP contribution is 2.39. The number of hydrogen-bond acceptors (Lipinski definition) is 2. The average Bonchev–Trinajstić information content (AvgIpc) is 2.58. The van der Waals surface area contributed by atoms with Gasteiger partial charge in [0.1, 0.15) is 0 Å². The first-order valence-electron chi connectivity index (χ1n) is 6.24. The van der Waals surface area contributed by atoms with Crippen molar-refractivity contribution in [1.82, 2.24) is 15.1 Å². The molecule has 1 aliphatic carbocycles. The highest BCUT2D eigenvalue weighted by molar-refractivity contribution is 5.32. The van der Waals surface area contributed by atoms with E-state index in [1.54, 1.807) is 0 Å². The summed E-state index contributed by atoms with van der Waals surface area (Å²) in [6.45, 7) is 7.13. The van der Waals surface area contributed by atoms with E-state index in [0.717, 1.165) is 18.9 Å². The molecule has 3 rings (SSSR count). The summed E-state index contributed by atoms with van der Waals surface area (Å²) in [4.78, 5) is 2.32. The molecule has 2 heterocycles. The minimum absolute atomic E-state index is 0.541. The smallest absolute Gasteiger partial charge is 0.0705 e. The lowest BCUT2D eigenvalue weighted by atomic mass is 9.80. The molecule has 1 N–H and O–H groups in total. The highest BCUT2D eigenvalue weighted by atomic mass is 15.2. The predicted octanol–water partition coefficient (Wildman–Crippen LogP) is 2.57. The zero-order chi connectivity index (χ0) is 11.1. The van der Waals surface area contributed by atoms with Crippen molar-refractivity contribution in [2.45, 2.75) is 51.1 Å². The van der Waals surface area contributed by atoms with Gasteiger partial charge in [0.05, 0.1) is 5.69 Å². The standard InChI is InChI=1S/C13H19N3/c1-3-16-8-11-12(7-9(16)2)14-15-13(11)10-5-4-6-10/h3,9-10H,1,4-8H2,2H3,(H,14,15).